The first-order valence-electron chi connectivity index (χ1n) is 10.8. The summed E-state index contributed by atoms with van der Waals surface area (Å²) in [5.74, 6) is 1.89. The van der Waals surface area contributed by atoms with E-state index in [1.54, 1.807) is 14.2 Å². The Morgan fingerprint density at radius 2 is 0.848 bits per heavy atom. The smallest absolute Gasteiger partial charge is 0.305 e. The normalized spacial score (nSPS) is 13.9. The van der Waals surface area contributed by atoms with Crippen LogP contribution in [0.15, 0.2) is 97.1 Å². The van der Waals surface area contributed by atoms with E-state index in [1.807, 2.05) is 60.7 Å². The van der Waals surface area contributed by atoms with Gasteiger partial charge in [-0.3, -0.25) is 0 Å². The summed E-state index contributed by atoms with van der Waals surface area (Å²) in [6.07, 6.45) is 0. The van der Waals surface area contributed by atoms with Gasteiger partial charge in [0.15, 0.2) is 11.5 Å². The number of rotatable bonds is 4. The number of benzene rings is 5. The highest BCUT2D eigenvalue weighted by Crippen LogP contribution is 2.54. The van der Waals surface area contributed by atoms with Gasteiger partial charge in [0.05, 0.1) is 14.2 Å². The predicted molar refractivity (Wildman–Crippen MR) is 129 cm³/mol. The van der Waals surface area contributed by atoms with Crippen LogP contribution in [0, 0.1) is 0 Å². The highest BCUT2D eigenvalue weighted by Gasteiger charge is 2.47. The van der Waals surface area contributed by atoms with Gasteiger partial charge in [-0.05, 0) is 59.3 Å². The summed E-state index contributed by atoms with van der Waals surface area (Å²) in [7, 11) is 3.32. The number of hydrogen-bond donors (Lipinski definition) is 0. The number of methoxy groups -OCH3 is 2. The Balaban J connectivity index is 1.63. The third-order valence-electron chi connectivity index (χ3n) is 6.27. The maximum Gasteiger partial charge on any atom is 0.305 e. The molecule has 33 heavy (non-hydrogen) atoms. The fourth-order valence-corrected chi connectivity index (χ4v) is 4.61. The lowest BCUT2D eigenvalue weighted by atomic mass is 9.97. The van der Waals surface area contributed by atoms with Crippen LogP contribution < -0.4 is 18.9 Å². The summed E-state index contributed by atoms with van der Waals surface area (Å²) in [4.78, 5) is 0. The summed E-state index contributed by atoms with van der Waals surface area (Å²) < 4.78 is 24.4. The van der Waals surface area contributed by atoms with Crippen LogP contribution in [0.3, 0.4) is 0 Å². The summed E-state index contributed by atoms with van der Waals surface area (Å²) in [5.41, 5.74) is 1.75. The Labute approximate surface area is 191 Å². The molecular formula is C29H22O4. The van der Waals surface area contributed by atoms with E-state index in [9.17, 15) is 0 Å². The van der Waals surface area contributed by atoms with E-state index in [2.05, 4.69) is 36.4 Å². The quantitative estimate of drug-likeness (QED) is 0.296. The molecule has 1 heterocycles. The fraction of sp³-hybridized carbons (Fsp3) is 0.103. The maximum absolute atomic E-state index is 6.83. The van der Waals surface area contributed by atoms with Crippen LogP contribution in [0.5, 0.6) is 23.0 Å². The van der Waals surface area contributed by atoms with Crippen LogP contribution in [-0.2, 0) is 5.79 Å². The molecule has 162 valence electrons. The fourth-order valence-electron chi connectivity index (χ4n) is 4.61. The van der Waals surface area contributed by atoms with E-state index in [0.717, 1.165) is 55.7 Å². The molecule has 0 saturated carbocycles. The average molecular weight is 434 g/mol. The Bertz CT molecular complexity index is 1360. The molecule has 0 saturated heterocycles. The molecule has 6 rings (SSSR count). The maximum atomic E-state index is 6.83. The van der Waals surface area contributed by atoms with Gasteiger partial charge < -0.3 is 18.9 Å². The molecule has 5 aromatic carbocycles. The first-order valence-corrected chi connectivity index (χ1v) is 10.8. The van der Waals surface area contributed by atoms with Crippen LogP contribution in [0.2, 0.25) is 0 Å². The van der Waals surface area contributed by atoms with E-state index < -0.39 is 5.79 Å². The van der Waals surface area contributed by atoms with Crippen molar-refractivity contribution in [3.05, 3.63) is 108 Å². The van der Waals surface area contributed by atoms with Crippen LogP contribution in [0.4, 0.5) is 0 Å². The average Bonchev–Trinajstić information content (AvgIpc) is 3.31. The first-order chi connectivity index (χ1) is 16.2. The number of fused-ring (bicyclic) bond motifs is 6. The lowest BCUT2D eigenvalue weighted by Crippen LogP contribution is -2.36. The van der Waals surface area contributed by atoms with Crippen molar-refractivity contribution in [1.29, 1.82) is 0 Å². The van der Waals surface area contributed by atoms with E-state index in [4.69, 9.17) is 18.9 Å². The summed E-state index contributed by atoms with van der Waals surface area (Å²) in [6, 6.07) is 32.2. The Morgan fingerprint density at radius 3 is 1.21 bits per heavy atom. The SMILES string of the molecule is COc1ccc(C2(c3ccc(OC)cc3)Oc3c(c4ccccc4c4ccccc34)O2)cc1. The molecule has 0 aliphatic carbocycles. The second-order valence-electron chi connectivity index (χ2n) is 8.03. The van der Waals surface area contributed by atoms with Crippen molar-refractivity contribution in [3.8, 4) is 23.0 Å². The molecule has 0 atom stereocenters. The second kappa shape index (κ2) is 7.45. The highest BCUT2D eigenvalue weighted by atomic mass is 16.7. The molecule has 0 aromatic heterocycles. The van der Waals surface area contributed by atoms with Crippen molar-refractivity contribution in [2.24, 2.45) is 0 Å². The molecule has 0 radical (unpaired) electrons. The van der Waals surface area contributed by atoms with Gasteiger partial charge in [0, 0.05) is 21.9 Å². The summed E-state index contributed by atoms with van der Waals surface area (Å²) >= 11 is 0. The van der Waals surface area contributed by atoms with Crippen molar-refractivity contribution in [1.82, 2.24) is 0 Å². The zero-order valence-electron chi connectivity index (χ0n) is 18.4. The molecule has 0 fully saturated rings. The lowest BCUT2D eigenvalue weighted by Gasteiger charge is -2.29. The Morgan fingerprint density at radius 1 is 0.485 bits per heavy atom. The van der Waals surface area contributed by atoms with Crippen LogP contribution in [-0.4, -0.2) is 14.2 Å². The molecule has 0 unspecified atom stereocenters. The van der Waals surface area contributed by atoms with Crippen LogP contribution in [0.25, 0.3) is 21.5 Å². The van der Waals surface area contributed by atoms with Gasteiger partial charge in [-0.25, -0.2) is 0 Å². The molecule has 4 heteroatoms. The van der Waals surface area contributed by atoms with Gasteiger partial charge >= 0.3 is 5.79 Å². The van der Waals surface area contributed by atoms with Crippen LogP contribution >= 0.6 is 0 Å². The van der Waals surface area contributed by atoms with Gasteiger partial charge in [0.1, 0.15) is 11.5 Å². The second-order valence-corrected chi connectivity index (χ2v) is 8.03. The molecule has 4 nitrogen and oxygen atoms in total. The lowest BCUT2D eigenvalue weighted by molar-refractivity contribution is -0.0447. The minimum Gasteiger partial charge on any atom is -0.497 e. The van der Waals surface area contributed by atoms with Crippen molar-refractivity contribution < 1.29 is 18.9 Å². The van der Waals surface area contributed by atoms with E-state index in [1.165, 1.54) is 0 Å². The third-order valence-corrected chi connectivity index (χ3v) is 6.27. The third kappa shape index (κ3) is 2.91. The molecule has 0 N–H and O–H groups in total. The van der Waals surface area contributed by atoms with Gasteiger partial charge in [-0.15, -0.1) is 0 Å². The van der Waals surface area contributed by atoms with E-state index in [0.29, 0.717) is 0 Å². The predicted octanol–water partition coefficient (Wildman–Crippen LogP) is 6.68. The Hall–Kier alpha value is -4.18. The minimum absolute atomic E-state index is 0.746. The molecule has 0 spiro atoms. The number of hydrogen-bond acceptors (Lipinski definition) is 4. The minimum atomic E-state index is -1.15. The topological polar surface area (TPSA) is 36.9 Å². The molecule has 1 aliphatic rings. The van der Waals surface area contributed by atoms with Gasteiger partial charge in [-0.1, -0.05) is 48.5 Å². The van der Waals surface area contributed by atoms with Gasteiger partial charge in [0.25, 0.3) is 0 Å². The monoisotopic (exact) mass is 434 g/mol. The zero-order valence-corrected chi connectivity index (χ0v) is 18.4. The van der Waals surface area contributed by atoms with Crippen molar-refractivity contribution in [2.45, 2.75) is 5.79 Å². The largest absolute Gasteiger partial charge is 0.497 e. The summed E-state index contributed by atoms with van der Waals surface area (Å²) in [5, 5.41) is 4.32. The van der Waals surface area contributed by atoms with E-state index >= 15 is 0 Å². The standard InChI is InChI=1S/C29H22O4/c1-30-21-15-11-19(12-16-21)29(20-13-17-22(31-2)18-14-20)32-27-25-9-5-3-7-23(25)24-8-4-6-10-26(24)28(27)33-29/h3-18H,1-2H3. The van der Waals surface area contributed by atoms with E-state index in [-0.39, 0.29) is 0 Å². The molecule has 0 amide bonds. The molecule has 0 bridgehead atoms. The Kier molecular flexibility index (Phi) is 4.40. The first kappa shape index (κ1) is 19.5. The van der Waals surface area contributed by atoms with Gasteiger partial charge in [0.2, 0.25) is 0 Å². The molecule has 5 aromatic rings. The molecule has 1 aliphatic heterocycles. The van der Waals surface area contributed by atoms with Crippen LogP contribution in [0.1, 0.15) is 11.1 Å². The van der Waals surface area contributed by atoms with Gasteiger partial charge in [-0.2, -0.15) is 0 Å². The zero-order chi connectivity index (χ0) is 22.4. The molecular weight excluding hydrogens is 412 g/mol. The summed E-state index contributed by atoms with van der Waals surface area (Å²) in [6.45, 7) is 0. The van der Waals surface area contributed by atoms with Crippen molar-refractivity contribution in [2.75, 3.05) is 14.2 Å². The van der Waals surface area contributed by atoms with Crippen molar-refractivity contribution in [3.63, 3.8) is 0 Å². The number of ether oxygens (including phenoxy) is 4. The van der Waals surface area contributed by atoms with Crippen molar-refractivity contribution >= 4 is 21.5 Å². The highest BCUT2D eigenvalue weighted by molar-refractivity contribution is 6.14.